The number of rotatable bonds is 5. The predicted molar refractivity (Wildman–Crippen MR) is 69.0 cm³/mol. The van der Waals surface area contributed by atoms with Gasteiger partial charge in [-0.1, -0.05) is 20.3 Å². The summed E-state index contributed by atoms with van der Waals surface area (Å²) in [6.07, 6.45) is 2.81. The van der Waals surface area contributed by atoms with E-state index in [2.05, 4.69) is 6.92 Å². The lowest BCUT2D eigenvalue weighted by molar-refractivity contribution is -0.153. The second kappa shape index (κ2) is 6.73. The number of likely N-dealkylation sites (tertiary alicyclic amines) is 1. The maximum atomic E-state index is 12.1. The Labute approximate surface area is 108 Å². The summed E-state index contributed by atoms with van der Waals surface area (Å²) in [4.78, 5) is 24.9. The van der Waals surface area contributed by atoms with Crippen LogP contribution in [0.25, 0.3) is 0 Å². The van der Waals surface area contributed by atoms with Crippen molar-refractivity contribution in [1.29, 1.82) is 0 Å². The van der Waals surface area contributed by atoms with E-state index in [1.165, 1.54) is 4.90 Å². The molecule has 0 spiro atoms. The van der Waals surface area contributed by atoms with Crippen LogP contribution >= 0.6 is 0 Å². The van der Waals surface area contributed by atoms with E-state index in [0.717, 1.165) is 12.8 Å². The smallest absolute Gasteiger partial charge is 0.326 e. The summed E-state index contributed by atoms with van der Waals surface area (Å²) in [5.74, 6) is -0.435. The zero-order valence-electron chi connectivity index (χ0n) is 11.3. The molecule has 3 unspecified atom stereocenters. The van der Waals surface area contributed by atoms with Crippen LogP contribution in [0.1, 0.15) is 39.5 Å². The molecular weight excluding hydrogens is 232 g/mol. The van der Waals surface area contributed by atoms with Gasteiger partial charge in [0.25, 0.3) is 0 Å². The van der Waals surface area contributed by atoms with Crippen molar-refractivity contribution in [3.63, 3.8) is 0 Å². The van der Waals surface area contributed by atoms with Gasteiger partial charge in [0.15, 0.2) is 0 Å². The van der Waals surface area contributed by atoms with Crippen LogP contribution < -0.4 is 5.73 Å². The predicted octanol–water partition coefficient (Wildman–Crippen LogP) is 1.07. The van der Waals surface area contributed by atoms with Gasteiger partial charge in [0.05, 0.1) is 0 Å². The average molecular weight is 256 g/mol. The lowest BCUT2D eigenvalue weighted by Crippen LogP contribution is -2.50. The highest BCUT2D eigenvalue weighted by molar-refractivity contribution is 5.84. The highest BCUT2D eigenvalue weighted by Crippen LogP contribution is 2.26. The summed E-state index contributed by atoms with van der Waals surface area (Å²) in [5, 5.41) is 9.24. The number of aliphatic carboxylic acids is 1. The van der Waals surface area contributed by atoms with E-state index < -0.39 is 12.0 Å². The molecule has 1 fully saturated rings. The molecule has 3 atom stereocenters. The number of carboxylic acid groups (broad SMARTS) is 1. The Kier molecular flexibility index (Phi) is 5.59. The summed E-state index contributed by atoms with van der Waals surface area (Å²) < 4.78 is 0. The number of amides is 1. The van der Waals surface area contributed by atoms with Gasteiger partial charge in [-0.3, -0.25) is 4.79 Å². The van der Waals surface area contributed by atoms with Gasteiger partial charge in [0.1, 0.15) is 6.04 Å². The summed E-state index contributed by atoms with van der Waals surface area (Å²) in [7, 11) is 0. The van der Waals surface area contributed by atoms with E-state index in [1.807, 2.05) is 6.92 Å². The first-order chi connectivity index (χ1) is 8.49. The minimum atomic E-state index is -0.887. The van der Waals surface area contributed by atoms with Crippen LogP contribution in [0.4, 0.5) is 0 Å². The lowest BCUT2D eigenvalue weighted by atomic mass is 9.88. The first-order valence-corrected chi connectivity index (χ1v) is 6.71. The van der Waals surface area contributed by atoms with Gasteiger partial charge in [-0.05, 0) is 31.2 Å². The van der Waals surface area contributed by atoms with E-state index in [0.29, 0.717) is 31.8 Å². The Balaban J connectivity index is 2.67. The van der Waals surface area contributed by atoms with Crippen LogP contribution in [0.15, 0.2) is 0 Å². The molecule has 0 aromatic heterocycles. The van der Waals surface area contributed by atoms with E-state index >= 15 is 0 Å². The number of carboxylic acids is 1. The SMILES string of the molecule is CCC1CCN(C(=O)CC(C)CN)C(C(=O)O)C1. The fourth-order valence-corrected chi connectivity index (χ4v) is 2.44. The van der Waals surface area contributed by atoms with Crippen molar-refractivity contribution < 1.29 is 14.7 Å². The zero-order valence-corrected chi connectivity index (χ0v) is 11.3. The van der Waals surface area contributed by atoms with E-state index in [1.54, 1.807) is 0 Å². The molecule has 1 saturated heterocycles. The van der Waals surface area contributed by atoms with Crippen molar-refractivity contribution >= 4 is 11.9 Å². The van der Waals surface area contributed by atoms with E-state index in [-0.39, 0.29) is 11.8 Å². The first-order valence-electron chi connectivity index (χ1n) is 6.71. The van der Waals surface area contributed by atoms with Crippen molar-refractivity contribution in [3.05, 3.63) is 0 Å². The largest absolute Gasteiger partial charge is 0.480 e. The number of piperidine rings is 1. The molecule has 1 rings (SSSR count). The number of hydrogen-bond acceptors (Lipinski definition) is 3. The topological polar surface area (TPSA) is 83.6 Å². The summed E-state index contributed by atoms with van der Waals surface area (Å²) in [6, 6.07) is -0.652. The quantitative estimate of drug-likeness (QED) is 0.770. The van der Waals surface area contributed by atoms with Gasteiger partial charge in [-0.25, -0.2) is 4.79 Å². The molecule has 1 aliphatic rings. The van der Waals surface area contributed by atoms with Crippen molar-refractivity contribution in [2.75, 3.05) is 13.1 Å². The van der Waals surface area contributed by atoms with Crippen molar-refractivity contribution in [3.8, 4) is 0 Å². The van der Waals surface area contributed by atoms with Crippen LogP contribution in [0, 0.1) is 11.8 Å². The van der Waals surface area contributed by atoms with Crippen molar-refractivity contribution in [2.45, 2.75) is 45.6 Å². The number of nitrogens with zero attached hydrogens (tertiary/aromatic N) is 1. The van der Waals surface area contributed by atoms with Gasteiger partial charge in [0.2, 0.25) is 5.91 Å². The van der Waals surface area contributed by atoms with Gasteiger partial charge < -0.3 is 15.7 Å². The molecular formula is C13H24N2O3. The molecule has 3 N–H and O–H groups in total. The molecule has 104 valence electrons. The zero-order chi connectivity index (χ0) is 13.7. The molecule has 0 aromatic rings. The van der Waals surface area contributed by atoms with Crippen molar-refractivity contribution in [2.24, 2.45) is 17.6 Å². The molecule has 18 heavy (non-hydrogen) atoms. The molecule has 5 heteroatoms. The minimum Gasteiger partial charge on any atom is -0.480 e. The molecule has 0 radical (unpaired) electrons. The third-order valence-corrected chi connectivity index (χ3v) is 3.82. The number of hydrogen-bond donors (Lipinski definition) is 2. The minimum absolute atomic E-state index is 0.0742. The summed E-state index contributed by atoms with van der Waals surface area (Å²) >= 11 is 0. The Bertz CT molecular complexity index is 307. The maximum absolute atomic E-state index is 12.1. The van der Waals surface area contributed by atoms with Gasteiger partial charge in [-0.2, -0.15) is 0 Å². The number of carbonyl (C=O) groups excluding carboxylic acids is 1. The molecule has 0 bridgehead atoms. The van der Waals surface area contributed by atoms with Crippen LogP contribution in [0.3, 0.4) is 0 Å². The number of nitrogens with two attached hydrogens (primary N) is 1. The lowest BCUT2D eigenvalue weighted by Gasteiger charge is -2.37. The highest BCUT2D eigenvalue weighted by Gasteiger charge is 2.35. The Morgan fingerprint density at radius 3 is 2.67 bits per heavy atom. The van der Waals surface area contributed by atoms with Crippen LogP contribution in [-0.4, -0.2) is 41.0 Å². The Morgan fingerprint density at radius 1 is 1.50 bits per heavy atom. The first kappa shape index (κ1) is 15.0. The van der Waals surface area contributed by atoms with E-state index in [9.17, 15) is 14.7 Å². The highest BCUT2D eigenvalue weighted by atomic mass is 16.4. The average Bonchev–Trinajstić information content (AvgIpc) is 2.37. The van der Waals surface area contributed by atoms with Crippen LogP contribution in [-0.2, 0) is 9.59 Å². The summed E-state index contributed by atoms with van der Waals surface area (Å²) in [6.45, 7) is 4.99. The van der Waals surface area contributed by atoms with Crippen LogP contribution in [0.2, 0.25) is 0 Å². The number of carbonyl (C=O) groups is 2. The molecule has 1 heterocycles. The van der Waals surface area contributed by atoms with Crippen molar-refractivity contribution in [1.82, 2.24) is 4.90 Å². The molecule has 5 nitrogen and oxygen atoms in total. The fourth-order valence-electron chi connectivity index (χ4n) is 2.44. The van der Waals surface area contributed by atoms with Gasteiger partial charge >= 0.3 is 5.97 Å². The third-order valence-electron chi connectivity index (χ3n) is 3.82. The molecule has 0 saturated carbocycles. The molecule has 1 amide bonds. The second-order valence-corrected chi connectivity index (χ2v) is 5.28. The standard InChI is InChI=1S/C13H24N2O3/c1-3-10-4-5-15(11(7-10)13(17)18)12(16)6-9(2)8-14/h9-11H,3-8,14H2,1-2H3,(H,17,18). The monoisotopic (exact) mass is 256 g/mol. The molecule has 1 aliphatic heterocycles. The van der Waals surface area contributed by atoms with Gasteiger partial charge in [0, 0.05) is 13.0 Å². The third kappa shape index (κ3) is 3.70. The normalized spacial score (nSPS) is 25.8. The Hall–Kier alpha value is -1.10. The maximum Gasteiger partial charge on any atom is 0.326 e. The molecule has 0 aliphatic carbocycles. The fraction of sp³-hybridized carbons (Fsp3) is 0.846. The molecule has 0 aromatic carbocycles. The Morgan fingerprint density at radius 2 is 2.17 bits per heavy atom. The second-order valence-electron chi connectivity index (χ2n) is 5.28. The van der Waals surface area contributed by atoms with E-state index in [4.69, 9.17) is 5.73 Å². The summed E-state index contributed by atoms with van der Waals surface area (Å²) in [5.41, 5.74) is 5.50. The van der Waals surface area contributed by atoms with Gasteiger partial charge in [-0.15, -0.1) is 0 Å². The van der Waals surface area contributed by atoms with Crippen LogP contribution in [0.5, 0.6) is 0 Å².